The lowest BCUT2D eigenvalue weighted by molar-refractivity contribution is -0.704. The molecular formula is C26H51N2+. The smallest absolute Gasteiger partial charge is 0.234 e. The van der Waals surface area contributed by atoms with E-state index in [1.54, 1.807) is 0 Å². The van der Waals surface area contributed by atoms with Gasteiger partial charge in [0, 0.05) is 6.42 Å². The largest absolute Gasteiger partial charge is 0.256 e. The maximum atomic E-state index is 2.51. The van der Waals surface area contributed by atoms with Crippen LogP contribution in [0, 0.1) is 0 Å². The van der Waals surface area contributed by atoms with Crippen LogP contribution in [0.2, 0.25) is 0 Å². The molecule has 0 aliphatic carbocycles. The molecule has 0 aliphatic rings. The van der Waals surface area contributed by atoms with Gasteiger partial charge in [-0.25, -0.2) is 9.13 Å². The summed E-state index contributed by atoms with van der Waals surface area (Å²) in [7, 11) is 0. The molecule has 0 N–H and O–H groups in total. The Labute approximate surface area is 177 Å². The van der Waals surface area contributed by atoms with Crippen molar-refractivity contribution in [2.45, 2.75) is 149 Å². The SMILES string of the molecule is CCCCCCCCCCCCCCCCC[n+]1ccn(C(C)C)c1CCC. The second-order valence-corrected chi connectivity index (χ2v) is 9.11. The predicted octanol–water partition coefficient (Wildman–Crippen LogP) is 8.18. The molecule has 0 fully saturated rings. The maximum absolute atomic E-state index is 2.51. The highest BCUT2D eigenvalue weighted by atomic mass is 15.2. The van der Waals surface area contributed by atoms with Crippen molar-refractivity contribution in [3.8, 4) is 0 Å². The zero-order valence-electron chi connectivity index (χ0n) is 19.9. The van der Waals surface area contributed by atoms with Crippen molar-refractivity contribution < 1.29 is 4.57 Å². The topological polar surface area (TPSA) is 8.81 Å². The second kappa shape index (κ2) is 17.1. The third kappa shape index (κ3) is 11.3. The number of rotatable bonds is 19. The van der Waals surface area contributed by atoms with E-state index >= 15 is 0 Å². The Morgan fingerprint density at radius 3 is 1.57 bits per heavy atom. The van der Waals surface area contributed by atoms with Crippen LogP contribution >= 0.6 is 0 Å². The first kappa shape index (κ1) is 25.2. The number of aromatic nitrogens is 2. The summed E-state index contributed by atoms with van der Waals surface area (Å²) in [5.41, 5.74) is 0. The molecule has 28 heavy (non-hydrogen) atoms. The molecule has 0 bridgehead atoms. The summed E-state index contributed by atoms with van der Waals surface area (Å²) in [6, 6.07) is 0.573. The molecule has 0 amide bonds. The maximum Gasteiger partial charge on any atom is 0.256 e. The van der Waals surface area contributed by atoms with Gasteiger partial charge in [0.2, 0.25) is 0 Å². The summed E-state index contributed by atoms with van der Waals surface area (Å²) in [6.45, 7) is 10.4. The molecule has 164 valence electrons. The number of unbranched alkanes of at least 4 members (excludes halogenated alkanes) is 14. The van der Waals surface area contributed by atoms with Gasteiger partial charge in [-0.1, -0.05) is 97.3 Å². The van der Waals surface area contributed by atoms with Crippen molar-refractivity contribution in [2.24, 2.45) is 0 Å². The van der Waals surface area contributed by atoms with Crippen LogP contribution < -0.4 is 4.57 Å². The standard InChI is InChI=1S/C26H51N2/c1-5-7-8-9-10-11-12-13-14-15-16-17-18-19-20-22-27-23-24-28(25(3)4)26(27)21-6-2/h23-25H,5-22H2,1-4H3/q+1. The summed E-state index contributed by atoms with van der Waals surface area (Å²) in [6.07, 6.45) is 28.6. The van der Waals surface area contributed by atoms with Gasteiger partial charge in [0.05, 0.1) is 12.6 Å². The second-order valence-electron chi connectivity index (χ2n) is 9.11. The Balaban J connectivity index is 1.96. The van der Waals surface area contributed by atoms with Crippen molar-refractivity contribution in [3.05, 3.63) is 18.2 Å². The lowest BCUT2D eigenvalue weighted by atomic mass is 10.0. The van der Waals surface area contributed by atoms with E-state index in [1.807, 2.05) is 0 Å². The molecule has 2 heteroatoms. The summed E-state index contributed by atoms with van der Waals surface area (Å²) in [5.74, 6) is 1.52. The highest BCUT2D eigenvalue weighted by Gasteiger charge is 2.17. The van der Waals surface area contributed by atoms with E-state index < -0.39 is 0 Å². The molecule has 1 heterocycles. The first-order chi connectivity index (χ1) is 13.7. The number of aryl methyl sites for hydroxylation is 1. The summed E-state index contributed by atoms with van der Waals surface area (Å²) >= 11 is 0. The van der Waals surface area contributed by atoms with Crippen LogP contribution in [0.15, 0.2) is 12.4 Å². The van der Waals surface area contributed by atoms with E-state index in [2.05, 4.69) is 49.2 Å². The molecular weight excluding hydrogens is 340 g/mol. The first-order valence-electron chi connectivity index (χ1n) is 12.8. The van der Waals surface area contributed by atoms with Crippen molar-refractivity contribution in [3.63, 3.8) is 0 Å². The van der Waals surface area contributed by atoms with Gasteiger partial charge in [-0.15, -0.1) is 0 Å². The van der Waals surface area contributed by atoms with E-state index in [4.69, 9.17) is 0 Å². The molecule has 0 aromatic carbocycles. The normalized spacial score (nSPS) is 11.6. The van der Waals surface area contributed by atoms with Crippen LogP contribution in [-0.2, 0) is 13.0 Å². The van der Waals surface area contributed by atoms with Crippen molar-refractivity contribution in [1.29, 1.82) is 0 Å². The van der Waals surface area contributed by atoms with Gasteiger partial charge in [0.1, 0.15) is 12.4 Å². The van der Waals surface area contributed by atoms with E-state index in [-0.39, 0.29) is 0 Å². The van der Waals surface area contributed by atoms with Crippen LogP contribution in [0.25, 0.3) is 0 Å². The molecule has 2 nitrogen and oxygen atoms in total. The molecule has 1 aromatic rings. The molecule has 0 saturated heterocycles. The monoisotopic (exact) mass is 391 g/mol. The zero-order valence-corrected chi connectivity index (χ0v) is 19.9. The number of hydrogen-bond acceptors (Lipinski definition) is 0. The van der Waals surface area contributed by atoms with E-state index in [0.29, 0.717) is 6.04 Å². The lowest BCUT2D eigenvalue weighted by Gasteiger charge is -2.07. The molecule has 1 aromatic heterocycles. The van der Waals surface area contributed by atoms with Crippen molar-refractivity contribution in [1.82, 2.24) is 4.57 Å². The lowest BCUT2D eigenvalue weighted by Crippen LogP contribution is -2.37. The molecule has 0 aliphatic heterocycles. The minimum Gasteiger partial charge on any atom is -0.234 e. The summed E-state index contributed by atoms with van der Waals surface area (Å²) in [5, 5.41) is 0. The fourth-order valence-corrected chi connectivity index (χ4v) is 4.30. The van der Waals surface area contributed by atoms with E-state index in [0.717, 1.165) is 0 Å². The average Bonchev–Trinajstić information content (AvgIpc) is 3.08. The predicted molar refractivity (Wildman–Crippen MR) is 124 cm³/mol. The van der Waals surface area contributed by atoms with Crippen molar-refractivity contribution >= 4 is 0 Å². The number of imidazole rings is 1. The van der Waals surface area contributed by atoms with E-state index in [9.17, 15) is 0 Å². The van der Waals surface area contributed by atoms with Crippen molar-refractivity contribution in [2.75, 3.05) is 0 Å². The van der Waals surface area contributed by atoms with E-state index in [1.165, 1.54) is 122 Å². The highest BCUT2D eigenvalue weighted by Crippen LogP contribution is 2.14. The van der Waals surface area contributed by atoms with Gasteiger partial charge in [-0.05, 0) is 33.1 Å². The third-order valence-corrected chi connectivity index (χ3v) is 6.07. The quantitative estimate of drug-likeness (QED) is 0.166. The molecule has 0 spiro atoms. The Morgan fingerprint density at radius 2 is 1.14 bits per heavy atom. The first-order valence-corrected chi connectivity index (χ1v) is 12.8. The Morgan fingerprint density at radius 1 is 0.679 bits per heavy atom. The fraction of sp³-hybridized carbons (Fsp3) is 0.885. The fourth-order valence-electron chi connectivity index (χ4n) is 4.30. The molecule has 0 radical (unpaired) electrons. The van der Waals surface area contributed by atoms with Crippen LogP contribution in [0.5, 0.6) is 0 Å². The molecule has 0 unspecified atom stereocenters. The Hall–Kier alpha value is -0.790. The summed E-state index contributed by atoms with van der Waals surface area (Å²) < 4.78 is 4.96. The van der Waals surface area contributed by atoms with Gasteiger partial charge in [-0.2, -0.15) is 0 Å². The van der Waals surface area contributed by atoms with Crippen LogP contribution in [0.1, 0.15) is 142 Å². The molecule has 1 rings (SSSR count). The third-order valence-electron chi connectivity index (χ3n) is 6.07. The minimum absolute atomic E-state index is 0.573. The van der Waals surface area contributed by atoms with Crippen LogP contribution in [0.4, 0.5) is 0 Å². The van der Waals surface area contributed by atoms with Gasteiger partial charge in [0.25, 0.3) is 5.82 Å². The Kier molecular flexibility index (Phi) is 15.4. The number of hydrogen-bond donors (Lipinski definition) is 0. The van der Waals surface area contributed by atoms with Gasteiger partial charge < -0.3 is 0 Å². The number of nitrogens with zero attached hydrogens (tertiary/aromatic N) is 2. The minimum atomic E-state index is 0.573. The zero-order chi connectivity index (χ0) is 20.5. The Bertz CT molecular complexity index is 461. The highest BCUT2D eigenvalue weighted by molar-refractivity contribution is 4.86. The van der Waals surface area contributed by atoms with Crippen LogP contribution in [0.3, 0.4) is 0 Å². The average molecular weight is 392 g/mol. The van der Waals surface area contributed by atoms with Crippen LogP contribution in [-0.4, -0.2) is 4.57 Å². The van der Waals surface area contributed by atoms with Gasteiger partial charge >= 0.3 is 0 Å². The molecule has 0 atom stereocenters. The van der Waals surface area contributed by atoms with Gasteiger partial charge in [-0.3, -0.25) is 0 Å². The van der Waals surface area contributed by atoms with Gasteiger partial charge in [0.15, 0.2) is 0 Å². The molecule has 0 saturated carbocycles. The summed E-state index contributed by atoms with van der Waals surface area (Å²) in [4.78, 5) is 0.